The molecule has 1 aromatic rings. The smallest absolute Gasteiger partial charge is 0.191 e. The molecule has 0 unspecified atom stereocenters. The second-order valence-electron chi connectivity index (χ2n) is 5.52. The third-order valence-corrected chi connectivity index (χ3v) is 3.14. The molecule has 0 atom stereocenters. The summed E-state index contributed by atoms with van der Waals surface area (Å²) in [6.07, 6.45) is 2.25. The van der Waals surface area contributed by atoms with Gasteiger partial charge in [0, 0.05) is 38.4 Å². The molecule has 0 aliphatic rings. The van der Waals surface area contributed by atoms with E-state index in [0.717, 1.165) is 38.4 Å². The van der Waals surface area contributed by atoms with E-state index in [0.29, 0.717) is 6.04 Å². The summed E-state index contributed by atoms with van der Waals surface area (Å²) in [5.41, 5.74) is 1.27. The van der Waals surface area contributed by atoms with E-state index in [1.54, 1.807) is 0 Å². The molecule has 0 spiro atoms. The van der Waals surface area contributed by atoms with Crippen molar-refractivity contribution < 1.29 is 0 Å². The molecule has 0 amide bonds. The Labute approximate surface area is 129 Å². The van der Waals surface area contributed by atoms with Crippen LogP contribution in [-0.2, 0) is 0 Å². The predicted molar refractivity (Wildman–Crippen MR) is 93.2 cm³/mol. The average molecular weight is 290 g/mol. The van der Waals surface area contributed by atoms with E-state index in [-0.39, 0.29) is 0 Å². The van der Waals surface area contributed by atoms with Crippen LogP contribution < -0.4 is 15.5 Å². The topological polar surface area (TPSA) is 39.7 Å². The van der Waals surface area contributed by atoms with E-state index >= 15 is 0 Å². The van der Waals surface area contributed by atoms with Gasteiger partial charge in [0.05, 0.1) is 0 Å². The van der Waals surface area contributed by atoms with Crippen molar-refractivity contribution >= 4 is 11.6 Å². The van der Waals surface area contributed by atoms with Gasteiger partial charge in [0.25, 0.3) is 0 Å². The predicted octanol–water partition coefficient (Wildman–Crippen LogP) is 2.87. The van der Waals surface area contributed by atoms with Crippen LogP contribution in [0.4, 0.5) is 5.69 Å². The van der Waals surface area contributed by atoms with Crippen LogP contribution in [-0.4, -0.2) is 38.7 Å². The normalized spacial score (nSPS) is 11.6. The average Bonchev–Trinajstić information content (AvgIpc) is 2.47. The number of unbranched alkanes of at least 4 members (excludes halogenated alkanes) is 1. The monoisotopic (exact) mass is 290 g/mol. The second-order valence-corrected chi connectivity index (χ2v) is 5.52. The summed E-state index contributed by atoms with van der Waals surface area (Å²) >= 11 is 0. The molecule has 118 valence electrons. The molecule has 4 nitrogen and oxygen atoms in total. The van der Waals surface area contributed by atoms with Crippen molar-refractivity contribution in [1.82, 2.24) is 10.6 Å². The maximum Gasteiger partial charge on any atom is 0.191 e. The maximum absolute atomic E-state index is 4.60. The lowest BCUT2D eigenvalue weighted by atomic mass is 10.2. The fourth-order valence-corrected chi connectivity index (χ4v) is 2.06. The Morgan fingerprint density at radius 2 is 1.90 bits per heavy atom. The zero-order chi connectivity index (χ0) is 15.5. The Kier molecular flexibility index (Phi) is 8.32. The van der Waals surface area contributed by atoms with Crippen molar-refractivity contribution in [3.8, 4) is 0 Å². The minimum Gasteiger partial charge on any atom is -0.375 e. The molecule has 21 heavy (non-hydrogen) atoms. The van der Waals surface area contributed by atoms with Gasteiger partial charge in [-0.15, -0.1) is 0 Å². The molecule has 0 aliphatic heterocycles. The molecular formula is C17H30N4. The summed E-state index contributed by atoms with van der Waals surface area (Å²) in [4.78, 5) is 6.89. The number of hydrogen-bond donors (Lipinski definition) is 2. The number of anilines is 1. The van der Waals surface area contributed by atoms with Crippen molar-refractivity contribution in [2.24, 2.45) is 4.99 Å². The summed E-state index contributed by atoms with van der Waals surface area (Å²) in [5, 5.41) is 6.60. The highest BCUT2D eigenvalue weighted by Crippen LogP contribution is 2.11. The molecule has 0 aromatic heterocycles. The summed E-state index contributed by atoms with van der Waals surface area (Å²) in [5.74, 6) is 0.920. The highest BCUT2D eigenvalue weighted by atomic mass is 15.2. The number of guanidine groups is 1. The first kappa shape index (κ1) is 17.3. The number of hydrogen-bond acceptors (Lipinski definition) is 2. The van der Waals surface area contributed by atoms with Crippen LogP contribution in [0.25, 0.3) is 0 Å². The van der Waals surface area contributed by atoms with Crippen LogP contribution in [0.3, 0.4) is 0 Å². The maximum atomic E-state index is 4.60. The zero-order valence-electron chi connectivity index (χ0n) is 13.9. The quantitative estimate of drug-likeness (QED) is 0.439. The number of benzene rings is 1. The van der Waals surface area contributed by atoms with Gasteiger partial charge in [-0.1, -0.05) is 18.2 Å². The van der Waals surface area contributed by atoms with Crippen LogP contribution in [0.15, 0.2) is 35.3 Å². The van der Waals surface area contributed by atoms with Gasteiger partial charge in [0.2, 0.25) is 0 Å². The number of aliphatic imine (C=N–C) groups is 1. The van der Waals surface area contributed by atoms with Gasteiger partial charge < -0.3 is 15.5 Å². The lowest BCUT2D eigenvalue weighted by Gasteiger charge is -2.19. The van der Waals surface area contributed by atoms with Crippen LogP contribution in [0.5, 0.6) is 0 Å². The van der Waals surface area contributed by atoms with Crippen molar-refractivity contribution in [2.45, 2.75) is 39.7 Å². The number of nitrogens with zero attached hydrogens (tertiary/aromatic N) is 2. The minimum atomic E-state index is 0.409. The highest BCUT2D eigenvalue weighted by Gasteiger charge is 2.00. The van der Waals surface area contributed by atoms with Gasteiger partial charge in [-0.3, -0.25) is 4.99 Å². The van der Waals surface area contributed by atoms with Crippen LogP contribution in [0.2, 0.25) is 0 Å². The molecule has 1 aromatic carbocycles. The largest absolute Gasteiger partial charge is 0.375 e. The van der Waals surface area contributed by atoms with Crippen LogP contribution in [0.1, 0.15) is 33.6 Å². The Bertz CT molecular complexity index is 401. The van der Waals surface area contributed by atoms with Crippen LogP contribution >= 0.6 is 0 Å². The first-order chi connectivity index (χ1) is 10.1. The lowest BCUT2D eigenvalue weighted by molar-refractivity contribution is 0.687. The van der Waals surface area contributed by atoms with Crippen LogP contribution in [0, 0.1) is 0 Å². The van der Waals surface area contributed by atoms with Gasteiger partial charge in [0.1, 0.15) is 0 Å². The SMILES string of the molecule is CCNC(=NCCCCN(C)c1ccccc1)NC(C)C. The van der Waals surface area contributed by atoms with E-state index in [1.165, 1.54) is 5.69 Å². The lowest BCUT2D eigenvalue weighted by Crippen LogP contribution is -2.41. The van der Waals surface area contributed by atoms with E-state index in [4.69, 9.17) is 0 Å². The fraction of sp³-hybridized carbons (Fsp3) is 0.588. The number of para-hydroxylation sites is 1. The standard InChI is InChI=1S/C17H30N4/c1-5-18-17(20-15(2)3)19-13-9-10-14-21(4)16-11-7-6-8-12-16/h6-8,11-12,15H,5,9-10,13-14H2,1-4H3,(H2,18,19,20). The van der Waals surface area contributed by atoms with E-state index in [1.807, 2.05) is 0 Å². The van der Waals surface area contributed by atoms with E-state index in [9.17, 15) is 0 Å². The fourth-order valence-electron chi connectivity index (χ4n) is 2.06. The first-order valence-electron chi connectivity index (χ1n) is 7.94. The summed E-state index contributed by atoms with van der Waals surface area (Å²) in [6, 6.07) is 10.9. The number of nitrogens with one attached hydrogen (secondary N) is 2. The van der Waals surface area contributed by atoms with E-state index in [2.05, 4.69) is 78.7 Å². The summed E-state index contributed by atoms with van der Waals surface area (Å²) in [7, 11) is 2.14. The molecule has 4 heteroatoms. The molecule has 0 radical (unpaired) electrons. The molecule has 0 heterocycles. The van der Waals surface area contributed by atoms with Gasteiger partial charge in [-0.05, 0) is 45.7 Å². The molecule has 0 bridgehead atoms. The van der Waals surface area contributed by atoms with Crippen molar-refractivity contribution in [3.05, 3.63) is 30.3 Å². The molecule has 0 aliphatic carbocycles. The van der Waals surface area contributed by atoms with Gasteiger partial charge in [-0.25, -0.2) is 0 Å². The molecule has 0 fully saturated rings. The van der Waals surface area contributed by atoms with Gasteiger partial charge >= 0.3 is 0 Å². The summed E-state index contributed by atoms with van der Waals surface area (Å²) in [6.45, 7) is 9.17. The van der Waals surface area contributed by atoms with Crippen molar-refractivity contribution in [3.63, 3.8) is 0 Å². The molecular weight excluding hydrogens is 260 g/mol. The molecule has 2 N–H and O–H groups in total. The van der Waals surface area contributed by atoms with Crippen molar-refractivity contribution in [1.29, 1.82) is 0 Å². The van der Waals surface area contributed by atoms with E-state index < -0.39 is 0 Å². The highest BCUT2D eigenvalue weighted by molar-refractivity contribution is 5.79. The third kappa shape index (κ3) is 7.59. The third-order valence-electron chi connectivity index (χ3n) is 3.14. The van der Waals surface area contributed by atoms with Crippen molar-refractivity contribution in [2.75, 3.05) is 31.6 Å². The second kappa shape index (κ2) is 10.1. The minimum absolute atomic E-state index is 0.409. The Morgan fingerprint density at radius 1 is 1.19 bits per heavy atom. The first-order valence-corrected chi connectivity index (χ1v) is 7.94. The number of rotatable bonds is 8. The molecule has 1 rings (SSSR count). The van der Waals surface area contributed by atoms with Gasteiger partial charge in [-0.2, -0.15) is 0 Å². The summed E-state index contributed by atoms with van der Waals surface area (Å²) < 4.78 is 0. The Hall–Kier alpha value is -1.71. The molecule has 0 saturated carbocycles. The Morgan fingerprint density at radius 3 is 2.52 bits per heavy atom. The van der Waals surface area contributed by atoms with Gasteiger partial charge in [0.15, 0.2) is 5.96 Å². The molecule has 0 saturated heterocycles. The Balaban J connectivity index is 2.26. The zero-order valence-corrected chi connectivity index (χ0v) is 13.9.